The Balaban J connectivity index is 0.00000169. The molecule has 1 heterocycles. The standard InChI is InChI=1S/C7H14O6.H2O/c1-12-7-6(11)5(10)4(9)3(2-8)13-7;/h3-11H,2H2,1H3;1H2. The summed E-state index contributed by atoms with van der Waals surface area (Å²) in [6.45, 7) is -0.440. The van der Waals surface area contributed by atoms with Crippen LogP contribution in [0.25, 0.3) is 0 Å². The fourth-order valence-corrected chi connectivity index (χ4v) is 1.26. The molecule has 7 heteroatoms. The second-order valence-electron chi connectivity index (χ2n) is 2.93. The first-order chi connectivity index (χ1) is 6.11. The van der Waals surface area contributed by atoms with Crippen LogP contribution in [-0.2, 0) is 9.47 Å². The molecule has 14 heavy (non-hydrogen) atoms. The van der Waals surface area contributed by atoms with Gasteiger partial charge in [-0.25, -0.2) is 0 Å². The molecule has 7 nitrogen and oxygen atoms in total. The molecule has 0 aromatic carbocycles. The lowest BCUT2D eigenvalue weighted by molar-refractivity contribution is -0.294. The molecule has 1 fully saturated rings. The molecule has 0 radical (unpaired) electrons. The van der Waals surface area contributed by atoms with E-state index in [-0.39, 0.29) is 5.48 Å². The Labute approximate surface area is 80.8 Å². The summed E-state index contributed by atoms with van der Waals surface area (Å²) < 4.78 is 9.65. The van der Waals surface area contributed by atoms with Gasteiger partial charge in [0.1, 0.15) is 24.4 Å². The lowest BCUT2D eigenvalue weighted by Gasteiger charge is -2.38. The normalized spacial score (nSPS) is 43.1. The van der Waals surface area contributed by atoms with Gasteiger partial charge in [0.15, 0.2) is 6.29 Å². The van der Waals surface area contributed by atoms with E-state index in [1.165, 1.54) is 7.11 Å². The summed E-state index contributed by atoms with van der Waals surface area (Å²) in [5.41, 5.74) is 0. The molecule has 0 aromatic rings. The Morgan fingerprint density at radius 1 is 1.14 bits per heavy atom. The lowest BCUT2D eigenvalue weighted by atomic mass is 9.99. The highest BCUT2D eigenvalue weighted by atomic mass is 16.7. The molecule has 0 aliphatic carbocycles. The molecule has 1 saturated heterocycles. The summed E-state index contributed by atoms with van der Waals surface area (Å²) in [4.78, 5) is 0. The molecule has 0 saturated carbocycles. The highest BCUT2D eigenvalue weighted by Gasteiger charge is 2.43. The van der Waals surface area contributed by atoms with Gasteiger partial charge in [0.2, 0.25) is 0 Å². The Morgan fingerprint density at radius 2 is 1.71 bits per heavy atom. The SMILES string of the molecule is COC1OC(CO)C(O)C(O)C1O.O. The molecule has 0 aromatic heterocycles. The monoisotopic (exact) mass is 212 g/mol. The van der Waals surface area contributed by atoms with Crippen molar-refractivity contribution in [2.45, 2.75) is 30.7 Å². The van der Waals surface area contributed by atoms with Crippen LogP contribution >= 0.6 is 0 Å². The molecular weight excluding hydrogens is 196 g/mol. The van der Waals surface area contributed by atoms with Crippen LogP contribution in [0.15, 0.2) is 0 Å². The number of aliphatic hydroxyl groups excluding tert-OH is 4. The number of aliphatic hydroxyl groups is 4. The van der Waals surface area contributed by atoms with Crippen molar-refractivity contribution in [3.63, 3.8) is 0 Å². The maximum Gasteiger partial charge on any atom is 0.186 e. The average molecular weight is 212 g/mol. The third kappa shape index (κ3) is 2.39. The van der Waals surface area contributed by atoms with E-state index < -0.39 is 37.3 Å². The van der Waals surface area contributed by atoms with Gasteiger partial charge < -0.3 is 35.4 Å². The van der Waals surface area contributed by atoms with E-state index in [0.29, 0.717) is 0 Å². The zero-order chi connectivity index (χ0) is 10.0. The fraction of sp³-hybridized carbons (Fsp3) is 1.00. The van der Waals surface area contributed by atoms with Crippen LogP contribution in [0, 0.1) is 0 Å². The third-order valence-electron chi connectivity index (χ3n) is 2.08. The van der Waals surface area contributed by atoms with Crippen LogP contribution < -0.4 is 0 Å². The van der Waals surface area contributed by atoms with Gasteiger partial charge in [-0.2, -0.15) is 0 Å². The highest BCUT2D eigenvalue weighted by molar-refractivity contribution is 4.88. The molecule has 0 spiro atoms. The fourth-order valence-electron chi connectivity index (χ4n) is 1.26. The number of hydrogen-bond donors (Lipinski definition) is 4. The minimum Gasteiger partial charge on any atom is -0.412 e. The number of ether oxygens (including phenoxy) is 2. The second-order valence-corrected chi connectivity index (χ2v) is 2.93. The van der Waals surface area contributed by atoms with Crippen LogP contribution in [0.3, 0.4) is 0 Å². The first-order valence-electron chi connectivity index (χ1n) is 3.95. The third-order valence-corrected chi connectivity index (χ3v) is 2.08. The molecule has 1 rings (SSSR count). The van der Waals surface area contributed by atoms with Crippen molar-refractivity contribution in [3.05, 3.63) is 0 Å². The van der Waals surface area contributed by atoms with E-state index in [1.807, 2.05) is 0 Å². The van der Waals surface area contributed by atoms with E-state index in [0.717, 1.165) is 0 Å². The highest BCUT2D eigenvalue weighted by Crippen LogP contribution is 2.20. The van der Waals surface area contributed by atoms with Gasteiger partial charge in [0.05, 0.1) is 6.61 Å². The van der Waals surface area contributed by atoms with Gasteiger partial charge in [-0.3, -0.25) is 0 Å². The summed E-state index contributed by atoms with van der Waals surface area (Å²) in [6.07, 6.45) is -5.91. The zero-order valence-electron chi connectivity index (χ0n) is 7.70. The zero-order valence-corrected chi connectivity index (χ0v) is 7.70. The van der Waals surface area contributed by atoms with Crippen molar-refractivity contribution >= 4 is 0 Å². The predicted octanol–water partition coefficient (Wildman–Crippen LogP) is -3.39. The summed E-state index contributed by atoms with van der Waals surface area (Å²) in [6, 6.07) is 0. The van der Waals surface area contributed by atoms with Gasteiger partial charge in [-0.1, -0.05) is 0 Å². The molecule has 1 aliphatic heterocycles. The Bertz CT molecular complexity index is 144. The number of hydrogen-bond acceptors (Lipinski definition) is 6. The van der Waals surface area contributed by atoms with E-state index in [1.54, 1.807) is 0 Å². The maximum atomic E-state index is 9.28. The minimum absolute atomic E-state index is 0. The van der Waals surface area contributed by atoms with Crippen molar-refractivity contribution in [2.24, 2.45) is 0 Å². The van der Waals surface area contributed by atoms with Crippen LogP contribution in [0.4, 0.5) is 0 Å². The van der Waals surface area contributed by atoms with Crippen molar-refractivity contribution in [1.82, 2.24) is 0 Å². The largest absolute Gasteiger partial charge is 0.412 e. The molecule has 86 valence electrons. The average Bonchev–Trinajstić information content (AvgIpc) is 2.15. The van der Waals surface area contributed by atoms with Crippen molar-refractivity contribution < 1.29 is 35.4 Å². The number of rotatable bonds is 2. The predicted molar refractivity (Wildman–Crippen MR) is 44.4 cm³/mol. The Hall–Kier alpha value is -0.280. The number of methoxy groups -OCH3 is 1. The summed E-state index contributed by atoms with van der Waals surface area (Å²) in [5.74, 6) is 0. The molecule has 5 unspecified atom stereocenters. The van der Waals surface area contributed by atoms with Crippen LogP contribution in [0.2, 0.25) is 0 Å². The van der Waals surface area contributed by atoms with E-state index in [9.17, 15) is 15.3 Å². The van der Waals surface area contributed by atoms with E-state index in [4.69, 9.17) is 14.6 Å². The summed E-state index contributed by atoms with van der Waals surface area (Å²) in [7, 11) is 1.30. The Morgan fingerprint density at radius 3 is 2.14 bits per heavy atom. The van der Waals surface area contributed by atoms with Gasteiger partial charge in [-0.05, 0) is 0 Å². The first-order valence-corrected chi connectivity index (χ1v) is 3.95. The van der Waals surface area contributed by atoms with Gasteiger partial charge in [-0.15, -0.1) is 0 Å². The van der Waals surface area contributed by atoms with Crippen LogP contribution in [0.1, 0.15) is 0 Å². The summed E-state index contributed by atoms with van der Waals surface area (Å²) >= 11 is 0. The molecular formula is C7H16O7. The molecule has 1 aliphatic rings. The molecule has 5 atom stereocenters. The van der Waals surface area contributed by atoms with Crippen molar-refractivity contribution in [1.29, 1.82) is 0 Å². The minimum atomic E-state index is -1.36. The molecule has 0 amide bonds. The van der Waals surface area contributed by atoms with Gasteiger partial charge in [0.25, 0.3) is 0 Å². The van der Waals surface area contributed by atoms with Crippen LogP contribution in [-0.4, -0.2) is 70.3 Å². The van der Waals surface area contributed by atoms with Crippen molar-refractivity contribution in [2.75, 3.05) is 13.7 Å². The smallest absolute Gasteiger partial charge is 0.186 e. The first kappa shape index (κ1) is 13.7. The summed E-state index contributed by atoms with van der Waals surface area (Å²) in [5, 5.41) is 36.6. The molecule has 6 N–H and O–H groups in total. The molecule has 0 bridgehead atoms. The second kappa shape index (κ2) is 5.56. The maximum absolute atomic E-state index is 9.28. The van der Waals surface area contributed by atoms with Gasteiger partial charge >= 0.3 is 0 Å². The van der Waals surface area contributed by atoms with Crippen LogP contribution in [0.5, 0.6) is 0 Å². The van der Waals surface area contributed by atoms with E-state index in [2.05, 4.69) is 0 Å². The van der Waals surface area contributed by atoms with E-state index >= 15 is 0 Å². The van der Waals surface area contributed by atoms with Gasteiger partial charge in [0, 0.05) is 7.11 Å². The Kier molecular flexibility index (Phi) is 5.45. The topological polar surface area (TPSA) is 131 Å². The quantitative estimate of drug-likeness (QED) is 0.377. The lowest BCUT2D eigenvalue weighted by Crippen LogP contribution is -2.58. The van der Waals surface area contributed by atoms with Crippen molar-refractivity contribution in [3.8, 4) is 0 Å².